The van der Waals surface area contributed by atoms with Crippen LogP contribution in [-0.4, -0.2) is 19.5 Å². The van der Waals surface area contributed by atoms with Gasteiger partial charge in [0, 0.05) is 25.8 Å². The van der Waals surface area contributed by atoms with Gasteiger partial charge in [0.2, 0.25) is 0 Å². The predicted octanol–water partition coefficient (Wildman–Crippen LogP) is 3.07. The quantitative estimate of drug-likeness (QED) is 0.904. The van der Waals surface area contributed by atoms with Crippen LogP contribution in [0.5, 0.6) is 0 Å². The van der Waals surface area contributed by atoms with Crippen molar-refractivity contribution in [1.82, 2.24) is 5.32 Å². The predicted molar refractivity (Wildman–Crippen MR) is 83.0 cm³/mol. The minimum absolute atomic E-state index is 0.0250. The molecule has 20 heavy (non-hydrogen) atoms. The lowest BCUT2D eigenvalue weighted by Crippen LogP contribution is -2.26. The molecule has 2 rings (SSSR count). The third-order valence-corrected chi connectivity index (χ3v) is 3.16. The fourth-order valence-electron chi connectivity index (χ4n) is 2.20. The normalized spacial score (nSPS) is 10.1. The fraction of sp³-hybridized carbons (Fsp3) is 0.235. The van der Waals surface area contributed by atoms with Crippen molar-refractivity contribution >= 4 is 11.6 Å². The molecule has 0 unspecified atom stereocenters. The van der Waals surface area contributed by atoms with Crippen LogP contribution in [0.1, 0.15) is 22.8 Å². The Morgan fingerprint density at radius 1 is 1.05 bits per heavy atom. The highest BCUT2D eigenvalue weighted by atomic mass is 16.1. The van der Waals surface area contributed by atoms with Gasteiger partial charge >= 0.3 is 0 Å². The zero-order chi connectivity index (χ0) is 14.4. The van der Waals surface area contributed by atoms with Gasteiger partial charge < -0.3 is 10.2 Å². The Morgan fingerprint density at radius 3 is 2.40 bits per heavy atom. The Labute approximate surface area is 120 Å². The van der Waals surface area contributed by atoms with Gasteiger partial charge in [0.1, 0.15) is 0 Å². The highest BCUT2D eigenvalue weighted by molar-refractivity contribution is 5.99. The van der Waals surface area contributed by atoms with Gasteiger partial charge in [0.15, 0.2) is 0 Å². The number of amides is 1. The molecule has 2 aromatic rings. The second kappa shape index (κ2) is 6.75. The highest BCUT2D eigenvalue weighted by Crippen LogP contribution is 2.21. The van der Waals surface area contributed by atoms with E-state index in [4.69, 9.17) is 0 Å². The number of para-hydroxylation sites is 1. The van der Waals surface area contributed by atoms with Crippen LogP contribution in [0.15, 0.2) is 54.6 Å². The van der Waals surface area contributed by atoms with Crippen LogP contribution in [0.4, 0.5) is 5.69 Å². The van der Waals surface area contributed by atoms with E-state index in [0.717, 1.165) is 12.2 Å². The summed E-state index contributed by atoms with van der Waals surface area (Å²) < 4.78 is 0. The summed E-state index contributed by atoms with van der Waals surface area (Å²) in [5.74, 6) is -0.0250. The summed E-state index contributed by atoms with van der Waals surface area (Å²) in [6.45, 7) is 3.33. The second-order valence-corrected chi connectivity index (χ2v) is 4.72. The van der Waals surface area contributed by atoms with Crippen molar-refractivity contribution in [2.75, 3.05) is 18.5 Å². The minimum Gasteiger partial charge on any atom is -0.370 e. The van der Waals surface area contributed by atoms with E-state index in [2.05, 4.69) is 22.3 Å². The number of nitrogens with one attached hydrogen (secondary N) is 1. The topological polar surface area (TPSA) is 32.3 Å². The first-order valence-electron chi connectivity index (χ1n) is 6.84. The lowest BCUT2D eigenvalue weighted by molar-refractivity contribution is 0.0956. The molecule has 0 spiro atoms. The van der Waals surface area contributed by atoms with Crippen LogP contribution in [-0.2, 0) is 6.54 Å². The maximum Gasteiger partial charge on any atom is 0.253 e. The van der Waals surface area contributed by atoms with Crippen LogP contribution < -0.4 is 10.2 Å². The average Bonchev–Trinajstić information content (AvgIpc) is 2.48. The number of anilines is 1. The van der Waals surface area contributed by atoms with Crippen molar-refractivity contribution in [3.05, 3.63) is 65.7 Å². The third kappa shape index (κ3) is 3.38. The van der Waals surface area contributed by atoms with Crippen molar-refractivity contribution in [3.8, 4) is 0 Å². The molecule has 104 valence electrons. The van der Waals surface area contributed by atoms with E-state index in [0.29, 0.717) is 12.1 Å². The Hall–Kier alpha value is -2.29. The summed E-state index contributed by atoms with van der Waals surface area (Å²) in [7, 11) is 2.01. The van der Waals surface area contributed by atoms with Crippen LogP contribution in [0.3, 0.4) is 0 Å². The molecule has 0 saturated carbocycles. The molecule has 2 aromatic carbocycles. The largest absolute Gasteiger partial charge is 0.370 e. The van der Waals surface area contributed by atoms with Gasteiger partial charge in [0.05, 0.1) is 5.56 Å². The lowest BCUT2D eigenvalue weighted by atomic mass is 10.1. The smallest absolute Gasteiger partial charge is 0.253 e. The van der Waals surface area contributed by atoms with Crippen LogP contribution in [0.2, 0.25) is 0 Å². The Balaban J connectivity index is 2.21. The number of rotatable bonds is 5. The number of nitrogens with zero attached hydrogens (tertiary/aromatic N) is 1. The first-order chi connectivity index (χ1) is 9.72. The minimum atomic E-state index is -0.0250. The molecule has 0 bridgehead atoms. The van der Waals surface area contributed by atoms with Gasteiger partial charge in [-0.3, -0.25) is 4.79 Å². The Kier molecular flexibility index (Phi) is 4.77. The van der Waals surface area contributed by atoms with Gasteiger partial charge in [-0.15, -0.1) is 0 Å². The van der Waals surface area contributed by atoms with E-state index < -0.39 is 0 Å². The molecule has 0 fully saturated rings. The molecule has 0 aliphatic carbocycles. The zero-order valence-corrected chi connectivity index (χ0v) is 12.0. The van der Waals surface area contributed by atoms with Gasteiger partial charge in [-0.25, -0.2) is 0 Å². The number of carbonyl (C=O) groups excluding carboxylic acids is 1. The number of hydrogen-bond acceptors (Lipinski definition) is 2. The molecule has 3 nitrogen and oxygen atoms in total. The maximum atomic E-state index is 12.1. The van der Waals surface area contributed by atoms with E-state index in [1.54, 1.807) is 0 Å². The number of carbonyl (C=O) groups is 1. The number of benzene rings is 2. The second-order valence-electron chi connectivity index (χ2n) is 4.72. The highest BCUT2D eigenvalue weighted by Gasteiger charge is 2.13. The summed E-state index contributed by atoms with van der Waals surface area (Å²) in [4.78, 5) is 14.2. The molecule has 0 aliphatic rings. The average molecular weight is 268 g/mol. The summed E-state index contributed by atoms with van der Waals surface area (Å²) >= 11 is 0. The summed E-state index contributed by atoms with van der Waals surface area (Å²) in [5.41, 5.74) is 2.88. The molecular formula is C17H20N2O. The molecule has 0 heterocycles. The molecular weight excluding hydrogens is 248 g/mol. The molecule has 1 amide bonds. The Morgan fingerprint density at radius 2 is 1.70 bits per heavy atom. The first kappa shape index (κ1) is 14.1. The lowest BCUT2D eigenvalue weighted by Gasteiger charge is -2.22. The van der Waals surface area contributed by atoms with Gasteiger partial charge in [-0.1, -0.05) is 42.5 Å². The Bertz CT molecular complexity index is 566. The maximum absolute atomic E-state index is 12.1. The van der Waals surface area contributed by atoms with E-state index in [1.165, 1.54) is 5.56 Å². The molecule has 3 heteroatoms. The van der Waals surface area contributed by atoms with Crippen molar-refractivity contribution < 1.29 is 4.79 Å². The fourth-order valence-corrected chi connectivity index (χ4v) is 2.20. The molecule has 1 N–H and O–H groups in total. The SMILES string of the molecule is CCNC(=O)c1ccccc1N(C)Cc1ccccc1. The van der Waals surface area contributed by atoms with Crippen LogP contribution in [0, 0.1) is 0 Å². The van der Waals surface area contributed by atoms with E-state index in [1.807, 2.05) is 56.4 Å². The van der Waals surface area contributed by atoms with Crippen molar-refractivity contribution in [2.45, 2.75) is 13.5 Å². The van der Waals surface area contributed by atoms with Crippen LogP contribution in [0.25, 0.3) is 0 Å². The van der Waals surface area contributed by atoms with Crippen molar-refractivity contribution in [1.29, 1.82) is 0 Å². The van der Waals surface area contributed by atoms with Gasteiger partial charge in [-0.05, 0) is 24.6 Å². The molecule has 0 atom stereocenters. The molecule has 0 aromatic heterocycles. The molecule has 0 saturated heterocycles. The summed E-state index contributed by atoms with van der Waals surface area (Å²) in [6, 6.07) is 17.9. The molecule has 0 radical (unpaired) electrons. The summed E-state index contributed by atoms with van der Waals surface area (Å²) in [5, 5.41) is 2.86. The van der Waals surface area contributed by atoms with Gasteiger partial charge in [-0.2, -0.15) is 0 Å². The van der Waals surface area contributed by atoms with E-state index in [-0.39, 0.29) is 5.91 Å². The van der Waals surface area contributed by atoms with Crippen LogP contribution >= 0.6 is 0 Å². The first-order valence-corrected chi connectivity index (χ1v) is 6.84. The van der Waals surface area contributed by atoms with Gasteiger partial charge in [0.25, 0.3) is 5.91 Å². The van der Waals surface area contributed by atoms with Crippen molar-refractivity contribution in [3.63, 3.8) is 0 Å². The summed E-state index contributed by atoms with van der Waals surface area (Å²) in [6.07, 6.45) is 0. The van der Waals surface area contributed by atoms with Crippen molar-refractivity contribution in [2.24, 2.45) is 0 Å². The standard InChI is InChI=1S/C17H20N2O/c1-3-18-17(20)15-11-7-8-12-16(15)19(2)13-14-9-5-4-6-10-14/h4-12H,3,13H2,1-2H3,(H,18,20). The number of hydrogen-bond donors (Lipinski definition) is 1. The van der Waals surface area contributed by atoms with E-state index >= 15 is 0 Å². The monoisotopic (exact) mass is 268 g/mol. The molecule has 0 aliphatic heterocycles. The van der Waals surface area contributed by atoms with E-state index in [9.17, 15) is 4.79 Å². The third-order valence-electron chi connectivity index (χ3n) is 3.16. The zero-order valence-electron chi connectivity index (χ0n) is 12.0.